The van der Waals surface area contributed by atoms with Crippen molar-refractivity contribution in [3.63, 3.8) is 0 Å². The minimum Gasteiger partial charge on any atom is -0.394 e. The van der Waals surface area contributed by atoms with Gasteiger partial charge in [0, 0.05) is 6.42 Å². The smallest absolute Gasteiger partial charge is 0.220 e. The molecule has 452 valence electrons. The fraction of sp³-hybridized carbons (Fsp3) is 0.814. The molecule has 17 unspecified atom stereocenters. The van der Waals surface area contributed by atoms with E-state index in [4.69, 9.17) is 28.4 Å². The van der Waals surface area contributed by atoms with Crippen LogP contribution in [-0.2, 0) is 33.2 Å². The highest BCUT2D eigenvalue weighted by Crippen LogP contribution is 2.33. The molecule has 0 spiro atoms. The molecule has 3 heterocycles. The van der Waals surface area contributed by atoms with Crippen LogP contribution >= 0.6 is 0 Å². The molecule has 78 heavy (non-hydrogen) atoms. The van der Waals surface area contributed by atoms with E-state index in [0.717, 1.165) is 77.0 Å². The number of nitrogens with one attached hydrogen (secondary N) is 1. The van der Waals surface area contributed by atoms with Gasteiger partial charge in [-0.15, -0.1) is 0 Å². The molecular formula is C59H103NO18. The maximum atomic E-state index is 13.2. The van der Waals surface area contributed by atoms with Crippen LogP contribution in [0.15, 0.2) is 60.8 Å². The van der Waals surface area contributed by atoms with Crippen LogP contribution in [0.1, 0.15) is 174 Å². The zero-order valence-corrected chi connectivity index (χ0v) is 46.9. The molecule has 0 aromatic carbocycles. The van der Waals surface area contributed by atoms with Crippen LogP contribution in [0.5, 0.6) is 0 Å². The van der Waals surface area contributed by atoms with E-state index in [2.05, 4.69) is 79.9 Å². The summed E-state index contributed by atoms with van der Waals surface area (Å²) < 4.78 is 34.1. The van der Waals surface area contributed by atoms with E-state index < -0.39 is 124 Å². The van der Waals surface area contributed by atoms with Crippen molar-refractivity contribution in [1.82, 2.24) is 5.32 Å². The van der Waals surface area contributed by atoms with Gasteiger partial charge in [0.05, 0.1) is 38.6 Å². The first-order chi connectivity index (χ1) is 37.8. The van der Waals surface area contributed by atoms with Gasteiger partial charge in [0.25, 0.3) is 0 Å². The van der Waals surface area contributed by atoms with Gasteiger partial charge in [-0.2, -0.15) is 0 Å². The van der Waals surface area contributed by atoms with E-state index in [-0.39, 0.29) is 18.9 Å². The predicted molar refractivity (Wildman–Crippen MR) is 295 cm³/mol. The molecule has 19 heteroatoms. The molecule has 3 aliphatic rings. The van der Waals surface area contributed by atoms with Crippen LogP contribution in [0, 0.1) is 0 Å². The monoisotopic (exact) mass is 1110 g/mol. The Balaban J connectivity index is 1.32. The number of carbonyl (C=O) groups is 1. The summed E-state index contributed by atoms with van der Waals surface area (Å²) in [6, 6.07) is -0.885. The number of hydrogen-bond donors (Lipinski definition) is 12. The second-order valence-corrected chi connectivity index (χ2v) is 21.1. The number of unbranched alkanes of at least 4 members (excludes halogenated alkanes) is 16. The molecule has 3 aliphatic heterocycles. The lowest BCUT2D eigenvalue weighted by Crippen LogP contribution is -2.66. The standard InChI is InChI=1S/C59H103NO18/c1-3-5-7-9-10-11-12-13-14-15-16-17-18-19-20-21-22-23-24-25-26-27-28-29-30-31-32-33-35-37-47(65)60-42(43(64)36-34-8-6-4-2)41-73-57-53(71)50(68)55(45(39-62)75-57)78-59-54(72)51(69)56(46(40-63)76-59)77-58-52(70)49(67)48(66)44(38-61)74-58/h5,7,10-11,13-14,16-17,19-20,42-46,48-59,61-64,66-72H,3-4,6,8-9,12,15,18,21-41H2,1-2H3,(H,60,65)/b7-5-,11-10-,14-13-,17-16-,20-19-. The first-order valence-corrected chi connectivity index (χ1v) is 29.5. The second kappa shape index (κ2) is 42.3. The zero-order valence-electron chi connectivity index (χ0n) is 46.9. The minimum absolute atomic E-state index is 0.257. The molecule has 3 fully saturated rings. The summed E-state index contributed by atoms with van der Waals surface area (Å²) in [5, 5.41) is 119. The molecule has 17 atom stereocenters. The summed E-state index contributed by atoms with van der Waals surface area (Å²) >= 11 is 0. The van der Waals surface area contributed by atoms with E-state index in [1.165, 1.54) is 57.8 Å². The Kier molecular flexibility index (Phi) is 37.9. The number of aliphatic hydroxyl groups is 11. The molecule has 0 aromatic rings. The van der Waals surface area contributed by atoms with Crippen LogP contribution in [0.4, 0.5) is 0 Å². The number of carbonyl (C=O) groups excluding carboxylic acids is 1. The topological polar surface area (TPSA) is 307 Å². The Hall–Kier alpha value is -2.51. The van der Waals surface area contributed by atoms with Gasteiger partial charge < -0.3 is 89.9 Å². The molecular weight excluding hydrogens is 1010 g/mol. The molecule has 0 saturated carbocycles. The Morgan fingerprint density at radius 2 is 0.885 bits per heavy atom. The molecule has 3 rings (SSSR count). The molecule has 0 aliphatic carbocycles. The summed E-state index contributed by atoms with van der Waals surface area (Å²) in [5.41, 5.74) is 0. The van der Waals surface area contributed by atoms with Crippen LogP contribution in [0.2, 0.25) is 0 Å². The predicted octanol–water partition coefficient (Wildman–Crippen LogP) is 4.87. The summed E-state index contributed by atoms with van der Waals surface area (Å²) in [4.78, 5) is 13.2. The third kappa shape index (κ3) is 26.2. The number of rotatable bonds is 42. The van der Waals surface area contributed by atoms with Gasteiger partial charge >= 0.3 is 0 Å². The third-order valence-electron chi connectivity index (χ3n) is 14.6. The Morgan fingerprint density at radius 1 is 0.474 bits per heavy atom. The van der Waals surface area contributed by atoms with Crippen molar-refractivity contribution < 1.29 is 89.4 Å². The van der Waals surface area contributed by atoms with Gasteiger partial charge in [0.1, 0.15) is 73.2 Å². The number of ether oxygens (including phenoxy) is 6. The van der Waals surface area contributed by atoms with Crippen molar-refractivity contribution in [1.29, 1.82) is 0 Å². The number of amides is 1. The highest BCUT2D eigenvalue weighted by molar-refractivity contribution is 5.76. The van der Waals surface area contributed by atoms with Gasteiger partial charge in [0.15, 0.2) is 18.9 Å². The lowest BCUT2D eigenvalue weighted by Gasteiger charge is -2.48. The molecule has 12 N–H and O–H groups in total. The van der Waals surface area contributed by atoms with Crippen LogP contribution in [0.3, 0.4) is 0 Å². The fourth-order valence-corrected chi connectivity index (χ4v) is 9.75. The molecule has 0 aromatic heterocycles. The maximum Gasteiger partial charge on any atom is 0.220 e. The zero-order chi connectivity index (χ0) is 56.9. The van der Waals surface area contributed by atoms with Crippen molar-refractivity contribution >= 4 is 5.91 Å². The van der Waals surface area contributed by atoms with Gasteiger partial charge in [-0.25, -0.2) is 0 Å². The van der Waals surface area contributed by atoms with E-state index in [0.29, 0.717) is 19.3 Å². The normalized spacial score (nSPS) is 30.9. The van der Waals surface area contributed by atoms with Gasteiger partial charge in [-0.1, -0.05) is 171 Å². The van der Waals surface area contributed by atoms with Gasteiger partial charge in [-0.05, 0) is 57.8 Å². The van der Waals surface area contributed by atoms with Crippen LogP contribution < -0.4 is 5.32 Å². The van der Waals surface area contributed by atoms with Crippen molar-refractivity contribution in [3.8, 4) is 0 Å². The average molecular weight is 1110 g/mol. The number of aliphatic hydroxyl groups excluding tert-OH is 11. The Labute approximate surface area is 465 Å². The molecule has 19 nitrogen and oxygen atoms in total. The first kappa shape index (κ1) is 69.8. The molecule has 0 bridgehead atoms. The summed E-state index contributed by atoms with van der Waals surface area (Å²) in [5.74, 6) is -0.257. The van der Waals surface area contributed by atoms with Crippen molar-refractivity contribution in [2.24, 2.45) is 0 Å². The van der Waals surface area contributed by atoms with E-state index >= 15 is 0 Å². The fourth-order valence-electron chi connectivity index (χ4n) is 9.75. The lowest BCUT2D eigenvalue weighted by atomic mass is 9.96. The Morgan fingerprint density at radius 3 is 1.37 bits per heavy atom. The maximum absolute atomic E-state index is 13.2. The quantitative estimate of drug-likeness (QED) is 0.0287. The lowest BCUT2D eigenvalue weighted by molar-refractivity contribution is -0.379. The molecule has 3 saturated heterocycles. The second-order valence-electron chi connectivity index (χ2n) is 21.1. The highest BCUT2D eigenvalue weighted by Gasteiger charge is 2.53. The summed E-state index contributed by atoms with van der Waals surface area (Å²) in [7, 11) is 0. The van der Waals surface area contributed by atoms with Gasteiger partial charge in [0.2, 0.25) is 5.91 Å². The molecule has 1 amide bonds. The first-order valence-electron chi connectivity index (χ1n) is 29.5. The number of hydrogen-bond acceptors (Lipinski definition) is 18. The van der Waals surface area contributed by atoms with Crippen molar-refractivity contribution in [3.05, 3.63) is 60.8 Å². The van der Waals surface area contributed by atoms with E-state index in [1.807, 2.05) is 0 Å². The minimum atomic E-state index is -1.97. The van der Waals surface area contributed by atoms with Gasteiger partial charge in [-0.3, -0.25) is 4.79 Å². The number of allylic oxidation sites excluding steroid dienone is 10. The molecule has 0 radical (unpaired) electrons. The van der Waals surface area contributed by atoms with Crippen molar-refractivity contribution in [2.75, 3.05) is 26.4 Å². The van der Waals surface area contributed by atoms with Crippen LogP contribution in [0.25, 0.3) is 0 Å². The van der Waals surface area contributed by atoms with Crippen LogP contribution in [-0.4, -0.2) is 193 Å². The Bertz CT molecular complexity index is 1660. The third-order valence-corrected chi connectivity index (χ3v) is 14.6. The SMILES string of the molecule is CC/C=C\C/C=C\C/C=C\C/C=C\C/C=C\CCCCCCCCCCCCCCCC(=O)NC(COC1OC(CO)C(OC2OC(CO)C(OC3OC(CO)C(O)C(O)C3O)C(O)C2O)C(O)C1O)C(O)CCCCCC. The van der Waals surface area contributed by atoms with Crippen molar-refractivity contribution in [2.45, 2.75) is 279 Å². The summed E-state index contributed by atoms with van der Waals surface area (Å²) in [6.07, 6.45) is 21.3. The van der Waals surface area contributed by atoms with E-state index in [9.17, 15) is 61.0 Å². The van der Waals surface area contributed by atoms with E-state index in [1.54, 1.807) is 0 Å². The highest BCUT2D eigenvalue weighted by atomic mass is 16.8. The largest absolute Gasteiger partial charge is 0.394 e. The summed E-state index contributed by atoms with van der Waals surface area (Å²) in [6.45, 7) is 1.51. The average Bonchev–Trinajstić information content (AvgIpc) is 3.48.